The highest BCUT2D eigenvalue weighted by molar-refractivity contribution is 7.92. The van der Waals surface area contributed by atoms with Crippen LogP contribution in [0.15, 0.2) is 59.5 Å². The van der Waals surface area contributed by atoms with Crippen molar-refractivity contribution in [1.82, 2.24) is 5.32 Å². The number of para-hydroxylation sites is 1. The molecule has 2 aromatic rings. The standard InChI is InChI=1S/C17H20N2O4S/c1-19(14-8-4-3-5-9-14)24(21,22)16-11-7-6-10-15(16)17(20)18-12-13-23-2/h3-11H,12-13H2,1-2H3,(H,18,20). The van der Waals surface area contributed by atoms with Gasteiger partial charge in [0, 0.05) is 20.7 Å². The molecule has 0 atom stereocenters. The normalized spacial score (nSPS) is 11.1. The molecule has 2 aromatic carbocycles. The van der Waals surface area contributed by atoms with Crippen LogP contribution in [0.25, 0.3) is 0 Å². The number of sulfonamides is 1. The van der Waals surface area contributed by atoms with Gasteiger partial charge in [0.05, 0.1) is 17.9 Å². The lowest BCUT2D eigenvalue weighted by Gasteiger charge is -2.21. The van der Waals surface area contributed by atoms with E-state index in [1.807, 2.05) is 0 Å². The predicted octanol–water partition coefficient (Wildman–Crippen LogP) is 1.89. The van der Waals surface area contributed by atoms with Gasteiger partial charge in [-0.25, -0.2) is 8.42 Å². The largest absolute Gasteiger partial charge is 0.383 e. The van der Waals surface area contributed by atoms with E-state index >= 15 is 0 Å². The van der Waals surface area contributed by atoms with Crippen LogP contribution in [-0.4, -0.2) is 41.6 Å². The second-order valence-corrected chi connectivity index (χ2v) is 6.99. The maximum absolute atomic E-state index is 12.9. The van der Waals surface area contributed by atoms with Crippen LogP contribution in [0.4, 0.5) is 5.69 Å². The van der Waals surface area contributed by atoms with Gasteiger partial charge >= 0.3 is 0 Å². The number of hydrogen-bond acceptors (Lipinski definition) is 4. The van der Waals surface area contributed by atoms with E-state index < -0.39 is 15.9 Å². The maximum atomic E-state index is 12.9. The second-order valence-electron chi connectivity index (χ2n) is 5.05. The molecule has 1 amide bonds. The first-order chi connectivity index (χ1) is 11.5. The number of ether oxygens (including phenoxy) is 1. The first kappa shape index (κ1) is 18.0. The summed E-state index contributed by atoms with van der Waals surface area (Å²) in [5.41, 5.74) is 0.628. The van der Waals surface area contributed by atoms with Gasteiger partial charge in [-0.2, -0.15) is 0 Å². The fourth-order valence-corrected chi connectivity index (χ4v) is 3.55. The van der Waals surface area contributed by atoms with Crippen LogP contribution in [0, 0.1) is 0 Å². The summed E-state index contributed by atoms with van der Waals surface area (Å²) >= 11 is 0. The van der Waals surface area contributed by atoms with E-state index in [1.165, 1.54) is 26.3 Å². The van der Waals surface area contributed by atoms with Crippen molar-refractivity contribution < 1.29 is 17.9 Å². The molecule has 0 heterocycles. The summed E-state index contributed by atoms with van der Waals surface area (Å²) in [6.45, 7) is 0.656. The van der Waals surface area contributed by atoms with E-state index in [1.54, 1.807) is 42.5 Å². The number of amides is 1. The number of carbonyl (C=O) groups is 1. The third kappa shape index (κ3) is 3.93. The molecule has 2 rings (SSSR count). The van der Waals surface area contributed by atoms with Crippen LogP contribution in [0.2, 0.25) is 0 Å². The van der Waals surface area contributed by atoms with Crippen molar-refractivity contribution in [3.63, 3.8) is 0 Å². The SMILES string of the molecule is COCCNC(=O)c1ccccc1S(=O)(=O)N(C)c1ccccc1. The Morgan fingerprint density at radius 3 is 2.38 bits per heavy atom. The van der Waals surface area contributed by atoms with Crippen LogP contribution in [0.5, 0.6) is 0 Å². The Bertz CT molecular complexity index is 791. The van der Waals surface area contributed by atoms with E-state index in [0.717, 1.165) is 4.31 Å². The number of carbonyl (C=O) groups excluding carboxylic acids is 1. The van der Waals surface area contributed by atoms with Crippen molar-refractivity contribution in [3.05, 3.63) is 60.2 Å². The Morgan fingerprint density at radius 2 is 1.71 bits per heavy atom. The minimum absolute atomic E-state index is 0.0359. The van der Waals surface area contributed by atoms with Gasteiger partial charge in [0.15, 0.2) is 0 Å². The minimum atomic E-state index is -3.86. The van der Waals surface area contributed by atoms with E-state index in [4.69, 9.17) is 4.74 Å². The van der Waals surface area contributed by atoms with Crippen molar-refractivity contribution in [2.24, 2.45) is 0 Å². The second kappa shape index (κ2) is 7.94. The number of methoxy groups -OCH3 is 1. The summed E-state index contributed by atoms with van der Waals surface area (Å²) in [6, 6.07) is 14.9. The van der Waals surface area contributed by atoms with Gasteiger partial charge in [-0.3, -0.25) is 9.10 Å². The number of nitrogens with zero attached hydrogens (tertiary/aromatic N) is 1. The van der Waals surface area contributed by atoms with E-state index in [9.17, 15) is 13.2 Å². The summed E-state index contributed by atoms with van der Waals surface area (Å²) in [5.74, 6) is -0.451. The van der Waals surface area contributed by atoms with E-state index in [2.05, 4.69) is 5.32 Å². The molecule has 1 N–H and O–H groups in total. The molecule has 7 heteroatoms. The van der Waals surface area contributed by atoms with Gasteiger partial charge in [-0.1, -0.05) is 30.3 Å². The molecule has 0 saturated carbocycles. The molecule has 0 aliphatic carbocycles. The summed E-state index contributed by atoms with van der Waals surface area (Å²) in [5, 5.41) is 2.64. The minimum Gasteiger partial charge on any atom is -0.383 e. The predicted molar refractivity (Wildman–Crippen MR) is 92.7 cm³/mol. The average Bonchev–Trinajstić information content (AvgIpc) is 2.62. The summed E-state index contributed by atoms with van der Waals surface area (Å²) in [7, 11) is -0.867. The van der Waals surface area contributed by atoms with Crippen LogP contribution in [0.1, 0.15) is 10.4 Å². The topological polar surface area (TPSA) is 75.7 Å². The number of hydrogen-bond donors (Lipinski definition) is 1. The monoisotopic (exact) mass is 348 g/mol. The number of benzene rings is 2. The van der Waals surface area contributed by atoms with Gasteiger partial charge in [0.25, 0.3) is 15.9 Å². The average molecular weight is 348 g/mol. The molecule has 6 nitrogen and oxygen atoms in total. The zero-order valence-electron chi connectivity index (χ0n) is 13.6. The molecule has 0 unspecified atom stereocenters. The zero-order valence-corrected chi connectivity index (χ0v) is 14.4. The van der Waals surface area contributed by atoms with Gasteiger partial charge in [0.1, 0.15) is 4.90 Å². The van der Waals surface area contributed by atoms with Crippen molar-refractivity contribution >= 4 is 21.6 Å². The Kier molecular flexibility index (Phi) is 5.94. The van der Waals surface area contributed by atoms with E-state index in [-0.39, 0.29) is 10.5 Å². The van der Waals surface area contributed by atoms with Crippen molar-refractivity contribution in [2.75, 3.05) is 31.6 Å². The highest BCUT2D eigenvalue weighted by atomic mass is 32.2. The van der Waals surface area contributed by atoms with E-state index in [0.29, 0.717) is 18.8 Å². The molecule has 0 radical (unpaired) electrons. The highest BCUT2D eigenvalue weighted by Crippen LogP contribution is 2.24. The van der Waals surface area contributed by atoms with Crippen LogP contribution in [0.3, 0.4) is 0 Å². The third-order valence-corrected chi connectivity index (χ3v) is 5.33. The van der Waals surface area contributed by atoms with Crippen LogP contribution in [-0.2, 0) is 14.8 Å². The quantitative estimate of drug-likeness (QED) is 0.775. The zero-order chi connectivity index (χ0) is 17.6. The van der Waals surface area contributed by atoms with Crippen LogP contribution >= 0.6 is 0 Å². The lowest BCUT2D eigenvalue weighted by Crippen LogP contribution is -2.32. The summed E-state index contributed by atoms with van der Waals surface area (Å²) in [6.07, 6.45) is 0. The lowest BCUT2D eigenvalue weighted by atomic mass is 10.2. The Morgan fingerprint density at radius 1 is 1.08 bits per heavy atom. The van der Waals surface area contributed by atoms with Gasteiger partial charge in [0.2, 0.25) is 0 Å². The highest BCUT2D eigenvalue weighted by Gasteiger charge is 2.26. The Balaban J connectivity index is 2.36. The maximum Gasteiger partial charge on any atom is 0.264 e. The smallest absolute Gasteiger partial charge is 0.264 e. The molecule has 0 aliphatic rings. The Hall–Kier alpha value is -2.38. The fourth-order valence-electron chi connectivity index (χ4n) is 2.17. The Labute approximate surface area is 142 Å². The number of rotatable bonds is 7. The molecule has 128 valence electrons. The molecule has 0 aromatic heterocycles. The first-order valence-electron chi connectivity index (χ1n) is 7.38. The number of anilines is 1. The van der Waals surface area contributed by atoms with Gasteiger partial charge < -0.3 is 10.1 Å². The lowest BCUT2D eigenvalue weighted by molar-refractivity contribution is 0.0934. The molecule has 0 aliphatic heterocycles. The van der Waals surface area contributed by atoms with Crippen molar-refractivity contribution in [2.45, 2.75) is 4.90 Å². The molecule has 0 fully saturated rings. The van der Waals surface area contributed by atoms with Crippen molar-refractivity contribution in [3.8, 4) is 0 Å². The van der Waals surface area contributed by atoms with Crippen molar-refractivity contribution in [1.29, 1.82) is 0 Å². The molecule has 0 bridgehead atoms. The van der Waals surface area contributed by atoms with Gasteiger partial charge in [-0.05, 0) is 24.3 Å². The molecule has 0 saturated heterocycles. The molecular formula is C17H20N2O4S. The third-order valence-electron chi connectivity index (χ3n) is 3.48. The first-order valence-corrected chi connectivity index (χ1v) is 8.82. The summed E-state index contributed by atoms with van der Waals surface area (Å²) < 4.78 is 31.9. The summed E-state index contributed by atoms with van der Waals surface area (Å²) in [4.78, 5) is 12.3. The number of nitrogens with one attached hydrogen (secondary N) is 1. The molecule has 0 spiro atoms. The fraction of sp³-hybridized carbons (Fsp3) is 0.235. The molecule has 24 heavy (non-hydrogen) atoms. The van der Waals surface area contributed by atoms with Gasteiger partial charge in [-0.15, -0.1) is 0 Å². The molecular weight excluding hydrogens is 328 g/mol. The van der Waals surface area contributed by atoms with Crippen LogP contribution < -0.4 is 9.62 Å².